The van der Waals surface area contributed by atoms with Crippen LogP contribution in [0.4, 0.5) is 0 Å². The minimum absolute atomic E-state index is 1.09. The molecule has 1 aromatic carbocycles. The van der Waals surface area contributed by atoms with E-state index in [0.29, 0.717) is 0 Å². The average molecular weight is 161 g/mol. The maximum Gasteiger partial charge on any atom is 0.0152 e. The molecule has 1 nitrogen and oxygen atoms in total. The molecule has 0 saturated carbocycles. The van der Waals surface area contributed by atoms with Crippen LogP contribution in [0, 0.1) is 6.92 Å². The second-order valence-corrected chi connectivity index (χ2v) is 3.04. The van der Waals surface area contributed by atoms with Gasteiger partial charge in [-0.2, -0.15) is 0 Å². The summed E-state index contributed by atoms with van der Waals surface area (Å²) in [6.45, 7) is 8.12. The molecule has 64 valence electrons. The molecule has 1 rings (SSSR count). The Balaban J connectivity index is 3.48. The summed E-state index contributed by atoms with van der Waals surface area (Å²) in [5.41, 5.74) is 2.42. The number of hydrogen-bond acceptors (Lipinski definition) is 1. The van der Waals surface area contributed by atoms with Crippen molar-refractivity contribution in [1.29, 1.82) is 0 Å². The minimum atomic E-state index is 1.09. The fraction of sp³-hybridized carbons (Fsp3) is 0.273. The predicted molar refractivity (Wildman–Crippen MR) is 54.1 cm³/mol. The first-order valence-corrected chi connectivity index (χ1v) is 4.09. The number of aryl methyl sites for hydroxylation is 1. The summed E-state index contributed by atoms with van der Waals surface area (Å²) in [6, 6.07) is 6.30. The van der Waals surface area contributed by atoms with Gasteiger partial charge in [0.15, 0.2) is 0 Å². The molecule has 0 aromatic heterocycles. The zero-order valence-electron chi connectivity index (χ0n) is 7.94. The maximum atomic E-state index is 3.99. The van der Waals surface area contributed by atoms with Gasteiger partial charge in [-0.3, -0.25) is 0 Å². The van der Waals surface area contributed by atoms with E-state index in [1.165, 1.54) is 16.5 Å². The molecule has 0 saturated heterocycles. The van der Waals surface area contributed by atoms with Crippen molar-refractivity contribution in [2.75, 3.05) is 7.05 Å². The van der Waals surface area contributed by atoms with Gasteiger partial charge in [0.2, 0.25) is 0 Å². The molecule has 0 aliphatic carbocycles. The Hall–Kier alpha value is -1.24. The van der Waals surface area contributed by atoms with Crippen molar-refractivity contribution >= 4 is 12.3 Å². The summed E-state index contributed by atoms with van der Waals surface area (Å²) < 4.78 is 0. The minimum Gasteiger partial charge on any atom is -0.391 e. The van der Waals surface area contributed by atoms with E-state index in [9.17, 15) is 0 Å². The van der Waals surface area contributed by atoms with Crippen molar-refractivity contribution < 1.29 is 0 Å². The Morgan fingerprint density at radius 1 is 1.42 bits per heavy atom. The lowest BCUT2D eigenvalue weighted by Gasteiger charge is -1.99. The summed E-state index contributed by atoms with van der Waals surface area (Å²) in [6.07, 6.45) is 0. The van der Waals surface area contributed by atoms with Gasteiger partial charge < -0.3 is 5.32 Å². The van der Waals surface area contributed by atoms with Gasteiger partial charge in [-0.05, 0) is 24.3 Å². The van der Waals surface area contributed by atoms with Crippen LogP contribution in [-0.4, -0.2) is 7.05 Å². The highest BCUT2D eigenvalue weighted by Gasteiger charge is 1.88. The largest absolute Gasteiger partial charge is 0.391 e. The lowest BCUT2D eigenvalue weighted by atomic mass is 10.1. The monoisotopic (exact) mass is 161 g/mol. The lowest BCUT2D eigenvalue weighted by molar-refractivity contribution is 1.09. The Labute approximate surface area is 73.4 Å². The van der Waals surface area contributed by atoms with Crippen LogP contribution in [0.3, 0.4) is 0 Å². The van der Waals surface area contributed by atoms with E-state index in [4.69, 9.17) is 0 Å². The first kappa shape index (κ1) is 8.85. The third-order valence-corrected chi connectivity index (χ3v) is 2.04. The molecular weight excluding hydrogens is 146 g/mol. The fourth-order valence-electron chi connectivity index (χ4n) is 1.22. The van der Waals surface area contributed by atoms with E-state index in [2.05, 4.69) is 43.9 Å². The second kappa shape index (κ2) is 3.44. The van der Waals surface area contributed by atoms with E-state index in [-0.39, 0.29) is 0 Å². The van der Waals surface area contributed by atoms with Crippen LogP contribution in [0.2, 0.25) is 0 Å². The smallest absolute Gasteiger partial charge is 0.0152 e. The van der Waals surface area contributed by atoms with Crippen LogP contribution in [0.25, 0.3) is 12.3 Å². The molecule has 0 bridgehead atoms. The number of benzene rings is 1. The summed E-state index contributed by atoms with van der Waals surface area (Å²) in [5, 5.41) is 5.40. The third kappa shape index (κ3) is 1.67. The Kier molecular flexibility index (Phi) is 2.54. The van der Waals surface area contributed by atoms with Gasteiger partial charge >= 0.3 is 0 Å². The van der Waals surface area contributed by atoms with Crippen LogP contribution in [0.5, 0.6) is 0 Å². The molecule has 0 radical (unpaired) electrons. The average Bonchev–Trinajstić information content (AvgIpc) is 2.03. The van der Waals surface area contributed by atoms with E-state index in [1.54, 1.807) is 0 Å². The van der Waals surface area contributed by atoms with Gasteiger partial charge in [-0.1, -0.05) is 30.3 Å². The summed E-state index contributed by atoms with van der Waals surface area (Å²) in [4.78, 5) is 0. The van der Waals surface area contributed by atoms with Crippen LogP contribution in [-0.2, 0) is 0 Å². The van der Waals surface area contributed by atoms with Crippen molar-refractivity contribution in [2.24, 2.45) is 0 Å². The van der Waals surface area contributed by atoms with Gasteiger partial charge in [-0.25, -0.2) is 0 Å². The van der Waals surface area contributed by atoms with Crippen molar-refractivity contribution in [1.82, 2.24) is 5.32 Å². The predicted octanol–water partition coefficient (Wildman–Crippen LogP) is 0.753. The van der Waals surface area contributed by atoms with E-state index >= 15 is 0 Å². The van der Waals surface area contributed by atoms with Crippen molar-refractivity contribution in [3.63, 3.8) is 0 Å². The molecule has 0 amide bonds. The van der Waals surface area contributed by atoms with E-state index < -0.39 is 0 Å². The topological polar surface area (TPSA) is 12.0 Å². The third-order valence-electron chi connectivity index (χ3n) is 2.04. The summed E-state index contributed by atoms with van der Waals surface area (Å²) >= 11 is 0. The van der Waals surface area contributed by atoms with Gasteiger partial charge in [0.25, 0.3) is 0 Å². The molecule has 0 aliphatic heterocycles. The molecule has 0 unspecified atom stereocenters. The molecule has 1 aromatic rings. The molecule has 0 spiro atoms. The Morgan fingerprint density at radius 3 is 2.58 bits per heavy atom. The quantitative estimate of drug-likeness (QED) is 0.641. The van der Waals surface area contributed by atoms with Gasteiger partial charge in [0.1, 0.15) is 0 Å². The van der Waals surface area contributed by atoms with Gasteiger partial charge in [-0.15, -0.1) is 0 Å². The summed E-state index contributed by atoms with van der Waals surface area (Å²) in [7, 11) is 1.93. The fourth-order valence-corrected chi connectivity index (χ4v) is 1.22. The molecule has 0 aliphatic rings. The molecule has 0 atom stereocenters. The highest BCUT2D eigenvalue weighted by Crippen LogP contribution is 1.87. The molecule has 0 heterocycles. The zero-order valence-corrected chi connectivity index (χ0v) is 7.94. The SMILES string of the molecule is C=c1cc(C)cc/c1=C(\C)NC. The molecule has 12 heavy (non-hydrogen) atoms. The highest BCUT2D eigenvalue weighted by molar-refractivity contribution is 5.40. The Morgan fingerprint density at radius 2 is 2.08 bits per heavy atom. The van der Waals surface area contributed by atoms with Crippen LogP contribution >= 0.6 is 0 Å². The lowest BCUT2D eigenvalue weighted by Crippen LogP contribution is -2.28. The van der Waals surface area contributed by atoms with E-state index in [1.807, 2.05) is 7.05 Å². The van der Waals surface area contributed by atoms with Crippen molar-refractivity contribution in [2.45, 2.75) is 13.8 Å². The number of rotatable bonds is 1. The van der Waals surface area contributed by atoms with Crippen LogP contribution < -0.4 is 15.8 Å². The molecular formula is C11H15N. The standard InChI is InChI=1S/C11H15N/c1-8-5-6-11(9(2)7-8)10(3)12-4/h5-7,12H,2H2,1,3-4H3/b11-10-. The Bertz CT molecular complexity index is 376. The molecule has 1 heteroatoms. The first-order chi connectivity index (χ1) is 5.65. The normalized spacial score (nSPS) is 12.6. The maximum absolute atomic E-state index is 3.99. The molecule has 1 N–H and O–H groups in total. The number of nitrogens with one attached hydrogen (secondary N) is 1. The van der Waals surface area contributed by atoms with Gasteiger partial charge in [0.05, 0.1) is 0 Å². The zero-order chi connectivity index (χ0) is 9.14. The first-order valence-electron chi connectivity index (χ1n) is 4.09. The van der Waals surface area contributed by atoms with Crippen LogP contribution in [0.1, 0.15) is 12.5 Å². The van der Waals surface area contributed by atoms with Gasteiger partial charge in [0, 0.05) is 12.7 Å². The van der Waals surface area contributed by atoms with E-state index in [0.717, 1.165) is 5.22 Å². The summed E-state index contributed by atoms with van der Waals surface area (Å²) in [5.74, 6) is 0. The van der Waals surface area contributed by atoms with Crippen molar-refractivity contribution in [3.8, 4) is 0 Å². The number of hydrogen-bond donors (Lipinski definition) is 1. The second-order valence-electron chi connectivity index (χ2n) is 3.04. The highest BCUT2D eigenvalue weighted by atomic mass is 14.8. The van der Waals surface area contributed by atoms with Crippen molar-refractivity contribution in [3.05, 3.63) is 34.2 Å². The van der Waals surface area contributed by atoms with Crippen LogP contribution in [0.15, 0.2) is 18.2 Å². The molecule has 0 fully saturated rings.